The number of methoxy groups -OCH3 is 1. The number of pyridine rings is 3. The minimum atomic E-state index is -2.34. The van der Waals surface area contributed by atoms with Gasteiger partial charge in [0.25, 0.3) is 17.6 Å². The van der Waals surface area contributed by atoms with Crippen LogP contribution in [-0.4, -0.2) is 117 Å². The van der Waals surface area contributed by atoms with Crippen molar-refractivity contribution in [2.75, 3.05) is 76.6 Å². The van der Waals surface area contributed by atoms with Gasteiger partial charge in [0.2, 0.25) is 0 Å². The van der Waals surface area contributed by atoms with Gasteiger partial charge >= 0.3 is 0 Å². The summed E-state index contributed by atoms with van der Waals surface area (Å²) in [4.78, 5) is 52.0. The maximum Gasteiger partial charge on any atom is 0.258 e. The minimum Gasteiger partial charge on any atom is -0.492 e. The molecule has 10 aromatic rings. The second-order valence-electron chi connectivity index (χ2n) is 22.4. The summed E-state index contributed by atoms with van der Waals surface area (Å²) in [7, 11) is 7.70. The summed E-state index contributed by atoms with van der Waals surface area (Å²) in [6, 6.07) is 17.0. The van der Waals surface area contributed by atoms with Crippen LogP contribution in [0.5, 0.6) is 23.4 Å². The number of aryl methyl sites for hydroxylation is 4. The number of aromatic amines is 1. The quantitative estimate of drug-likeness (QED) is 0.0631. The molecule has 0 radical (unpaired) electrons. The van der Waals surface area contributed by atoms with Gasteiger partial charge in [-0.2, -0.15) is 0 Å². The van der Waals surface area contributed by atoms with E-state index in [9.17, 15) is 0 Å². The number of anilines is 5. The number of ether oxygens (including phenoxy) is 4. The number of H-pyrrole nitrogens is 1. The molecular weight excluding hydrogens is 1120 g/mol. The Kier molecular flexibility index (Phi) is 15.8. The van der Waals surface area contributed by atoms with Gasteiger partial charge in [0.1, 0.15) is 25.5 Å². The van der Waals surface area contributed by atoms with Crippen molar-refractivity contribution in [1.82, 2.24) is 69.5 Å². The van der Waals surface area contributed by atoms with Crippen LogP contribution in [0.25, 0.3) is 44.9 Å². The number of rotatable bonds is 13. The Labute approximate surface area is 525 Å². The lowest BCUT2D eigenvalue weighted by Crippen LogP contribution is -2.27. The zero-order valence-corrected chi connectivity index (χ0v) is 50.9. The number of nitrogens with one attached hydrogen (secondary N) is 1. The molecule has 0 bridgehead atoms. The Bertz CT molecular complexity index is 4540. The van der Waals surface area contributed by atoms with E-state index < -0.39 is 19.7 Å². The first-order valence-corrected chi connectivity index (χ1v) is 28.8. The van der Waals surface area contributed by atoms with Gasteiger partial charge in [0.15, 0.2) is 34.7 Å². The third-order valence-electron chi connectivity index (χ3n) is 15.8. The van der Waals surface area contributed by atoms with Crippen LogP contribution in [-0.2, 0) is 58.6 Å². The lowest BCUT2D eigenvalue weighted by atomic mass is 9.92. The topological polar surface area (TPSA) is 321 Å². The largest absolute Gasteiger partial charge is 0.492 e. The van der Waals surface area contributed by atoms with Crippen molar-refractivity contribution in [2.24, 2.45) is 0 Å². The number of likely N-dealkylation sites (N-methyl/N-ethyl adjacent to an activating group) is 3. The first-order chi connectivity index (χ1) is 45.1. The maximum atomic E-state index is 8.52. The Hall–Kier alpha value is -10.1. The van der Waals surface area contributed by atoms with Crippen molar-refractivity contribution < 1.29 is 27.2 Å². The highest BCUT2D eigenvalue weighted by Crippen LogP contribution is 2.35. The van der Waals surface area contributed by atoms with E-state index in [0.717, 1.165) is 75.2 Å². The average Bonchev–Trinajstić information content (AvgIpc) is 1.72. The first-order valence-electron chi connectivity index (χ1n) is 31.8. The van der Waals surface area contributed by atoms with Gasteiger partial charge in [-0.3, -0.25) is 0 Å². The molecule has 0 fully saturated rings. The number of fused-ring (bicyclic) bond motifs is 4. The molecule has 0 aliphatic carbocycles. The van der Waals surface area contributed by atoms with Crippen LogP contribution in [0.3, 0.4) is 0 Å². The van der Waals surface area contributed by atoms with Crippen LogP contribution in [0, 0.1) is 27.7 Å². The SMILES string of the molecule is [2H]C([2H])(Oc1nc(-c2cc(C)c3c(c2)CN(C)CC3)cnc1N)c1cc(N)ncc1C.[2H]C([2H])(Oc1nc(-c2cc(C)c3c(c2)CN(C)CC3)cnc1N)c1ccnc(N)c1OC.[2H]C([2H])(Oc1nc(-c2cc(C)c3c(c2)CN(C)CC3)cnc1N)c1ccnc2nc[nH]c12. The Morgan fingerprint density at radius 3 is 1.37 bits per heavy atom. The third-order valence-corrected chi connectivity index (χ3v) is 15.8. The molecule has 0 spiro atoms. The fourth-order valence-corrected chi connectivity index (χ4v) is 11.1. The van der Waals surface area contributed by atoms with Gasteiger partial charge < -0.3 is 67.3 Å². The van der Waals surface area contributed by atoms with Gasteiger partial charge in [-0.15, -0.1) is 0 Å². The monoisotopic (exact) mass is 1200 g/mol. The fourth-order valence-electron chi connectivity index (χ4n) is 11.1. The summed E-state index contributed by atoms with van der Waals surface area (Å²) in [5.41, 5.74) is 47.4. The molecule has 0 saturated carbocycles. The second kappa shape index (κ2) is 26.5. The van der Waals surface area contributed by atoms with E-state index in [0.29, 0.717) is 33.8 Å². The summed E-state index contributed by atoms with van der Waals surface area (Å²) in [6.45, 7) is 6.99. The van der Waals surface area contributed by atoms with Gasteiger partial charge in [-0.25, -0.2) is 49.8 Å². The van der Waals surface area contributed by atoms with E-state index >= 15 is 0 Å². The zero-order chi connectivity index (χ0) is 67.8. The Balaban J connectivity index is 0.000000145. The molecule has 13 rings (SSSR count). The molecule has 3 aliphatic rings. The average molecular weight is 1200 g/mol. The van der Waals surface area contributed by atoms with Crippen molar-refractivity contribution >= 4 is 40.3 Å². The molecule has 0 atom stereocenters. The Morgan fingerprint density at radius 1 is 0.483 bits per heavy atom. The van der Waals surface area contributed by atoms with Crippen LogP contribution >= 0.6 is 0 Å². The van der Waals surface area contributed by atoms with Crippen LogP contribution < -0.4 is 47.6 Å². The number of nitrogens with zero attached hydrogens (tertiary/aromatic N) is 13. The highest BCUT2D eigenvalue weighted by molar-refractivity contribution is 5.74. The highest BCUT2D eigenvalue weighted by atomic mass is 16.5. The molecule has 458 valence electrons. The normalized spacial score (nSPS) is 15.4. The summed E-state index contributed by atoms with van der Waals surface area (Å²) in [5, 5.41) is 0. The van der Waals surface area contributed by atoms with E-state index in [-0.39, 0.29) is 69.2 Å². The van der Waals surface area contributed by atoms with E-state index in [2.05, 4.69) is 148 Å². The molecule has 10 heterocycles. The predicted molar refractivity (Wildman–Crippen MR) is 345 cm³/mol. The summed E-state index contributed by atoms with van der Waals surface area (Å²) >= 11 is 0. The lowest BCUT2D eigenvalue weighted by molar-refractivity contribution is 0.286. The van der Waals surface area contributed by atoms with Crippen molar-refractivity contribution in [3.63, 3.8) is 0 Å². The van der Waals surface area contributed by atoms with Crippen LogP contribution in [0.1, 0.15) is 80.5 Å². The predicted octanol–water partition coefficient (Wildman–Crippen LogP) is 8.35. The maximum absolute atomic E-state index is 8.52. The smallest absolute Gasteiger partial charge is 0.258 e. The summed E-state index contributed by atoms with van der Waals surface area (Å²) < 4.78 is 72.9. The van der Waals surface area contributed by atoms with Crippen LogP contribution in [0.15, 0.2) is 98.1 Å². The molecule has 3 aromatic carbocycles. The molecule has 89 heavy (non-hydrogen) atoms. The van der Waals surface area contributed by atoms with Crippen molar-refractivity contribution in [2.45, 2.75) is 86.3 Å². The standard InChI is InChI=1S/C22H23N7O.C22H26N6O2.C22H26N6O/c1-13-7-15(8-16-10-29(2)6-4-17(13)16)18-9-25-20(23)22(28-18)30-11-14-3-5-24-21-19(14)26-12-27-21;1-13-8-15(9-16-11-28(2)7-5-17(13)16)18-10-26-21(24)22(27-18)30-12-14-4-6-25-20(23)19(14)29-3;1-13-6-15(7-16-11-28(3)5-4-18(13)16)19-10-26-21(24)22(27-19)29-12-17-8-20(23)25-9-14(17)2/h3,5,7-9,12H,4,6,10-11H2,1-2H3,(H2,23,25)(H,24,26,27);4,6,8-10H,5,7,11-12H2,1-3H3,(H2,23,25)(H2,24,26);6-10H,4-5,11-12H2,1-3H3,(H2,23,25)(H2,24,26)/i11D2;2*12D2. The molecule has 0 unspecified atom stereocenters. The third kappa shape index (κ3) is 13.9. The molecule has 0 amide bonds. The second-order valence-corrected chi connectivity index (χ2v) is 22.4. The Morgan fingerprint density at radius 2 is 0.910 bits per heavy atom. The first kappa shape index (κ1) is 53.2. The number of aromatic nitrogens is 11. The summed E-state index contributed by atoms with van der Waals surface area (Å²) in [6.07, 6.45) is 13.6. The highest BCUT2D eigenvalue weighted by Gasteiger charge is 2.22. The number of hydrogen-bond donors (Lipinski definition) is 6. The number of hydrogen-bond acceptors (Lipinski definition) is 22. The van der Waals surface area contributed by atoms with E-state index in [1.165, 1.54) is 100 Å². The van der Waals surface area contributed by atoms with Crippen LogP contribution in [0.4, 0.5) is 29.1 Å². The van der Waals surface area contributed by atoms with Crippen molar-refractivity contribution in [3.8, 4) is 57.2 Å². The van der Waals surface area contributed by atoms with Gasteiger partial charge in [-0.05, 0) is 184 Å². The minimum absolute atomic E-state index is 0.0155. The zero-order valence-electron chi connectivity index (χ0n) is 56.9. The molecule has 23 nitrogen and oxygen atoms in total. The number of imidazole rings is 1. The molecule has 0 saturated heterocycles. The molecular formula is C66H75N19O4. The van der Waals surface area contributed by atoms with E-state index in [4.69, 9.17) is 55.8 Å². The fraction of sp³-hybridized carbons (Fsp3) is 0.303. The van der Waals surface area contributed by atoms with Crippen molar-refractivity contribution in [1.29, 1.82) is 0 Å². The summed E-state index contributed by atoms with van der Waals surface area (Å²) in [5.74, 6) is 0.119. The number of nitrogen functional groups attached to an aromatic ring is 5. The van der Waals surface area contributed by atoms with Crippen LogP contribution in [0.2, 0.25) is 0 Å². The van der Waals surface area contributed by atoms with Gasteiger partial charge in [0, 0.05) is 85.7 Å². The van der Waals surface area contributed by atoms with E-state index in [1.54, 1.807) is 25.5 Å². The van der Waals surface area contributed by atoms with Gasteiger partial charge in [0.05, 0.1) is 62.9 Å². The van der Waals surface area contributed by atoms with Crippen molar-refractivity contribution in [3.05, 3.63) is 170 Å². The molecule has 7 aromatic heterocycles. The molecule has 11 N–H and O–H groups in total. The number of nitrogens with two attached hydrogens (primary N) is 5. The van der Waals surface area contributed by atoms with E-state index in [1.807, 2.05) is 0 Å². The lowest BCUT2D eigenvalue weighted by Gasteiger charge is -2.27. The molecule has 3 aliphatic heterocycles. The number of benzene rings is 3. The van der Waals surface area contributed by atoms with Gasteiger partial charge in [-0.1, -0.05) is 0 Å². The molecule has 23 heteroatoms.